The second-order valence-corrected chi connectivity index (χ2v) is 4.68. The molecule has 0 aliphatic heterocycles. The zero-order valence-electron chi connectivity index (χ0n) is 12.8. The summed E-state index contributed by atoms with van der Waals surface area (Å²) in [5, 5.41) is 6.55. The third-order valence-corrected chi connectivity index (χ3v) is 2.79. The lowest BCUT2D eigenvalue weighted by Crippen LogP contribution is -2.43. The van der Waals surface area contributed by atoms with Gasteiger partial charge < -0.3 is 20.1 Å². The Balaban J connectivity index is 2.50. The Morgan fingerprint density at radius 1 is 1.25 bits per heavy atom. The highest BCUT2D eigenvalue weighted by Gasteiger charge is 2.04. The quantitative estimate of drug-likeness (QED) is 0.587. The van der Waals surface area contributed by atoms with Crippen LogP contribution in [-0.2, 0) is 22.6 Å². The maximum atomic E-state index is 5.14. The van der Waals surface area contributed by atoms with Crippen LogP contribution < -0.4 is 10.6 Å². The van der Waals surface area contributed by atoms with Crippen molar-refractivity contribution in [2.24, 2.45) is 4.99 Å². The number of hydrogen-bond acceptors (Lipinski definition) is 3. The molecule has 0 heterocycles. The molecule has 0 saturated heterocycles. The number of rotatable bonds is 7. The van der Waals surface area contributed by atoms with E-state index >= 15 is 0 Å². The van der Waals surface area contributed by atoms with Crippen LogP contribution in [0.25, 0.3) is 0 Å². The molecule has 5 heteroatoms. The monoisotopic (exact) mass is 279 g/mol. The molecule has 0 bridgehead atoms. The van der Waals surface area contributed by atoms with Crippen LogP contribution in [0.5, 0.6) is 0 Å². The minimum atomic E-state index is 0.214. The Hall–Kier alpha value is -1.59. The van der Waals surface area contributed by atoms with Crippen LogP contribution in [0.3, 0.4) is 0 Å². The van der Waals surface area contributed by atoms with E-state index in [2.05, 4.69) is 40.7 Å². The number of hydrogen-bond donors (Lipinski definition) is 2. The minimum Gasteiger partial charge on any atom is -0.383 e. The molecule has 1 unspecified atom stereocenters. The molecule has 0 fully saturated rings. The van der Waals surface area contributed by atoms with Crippen molar-refractivity contribution in [3.63, 3.8) is 0 Å². The predicted molar refractivity (Wildman–Crippen MR) is 81.8 cm³/mol. The van der Waals surface area contributed by atoms with Gasteiger partial charge >= 0.3 is 0 Å². The SMILES string of the molecule is CN=C(NCc1cccc(COC)c1)NC(C)COC. The minimum absolute atomic E-state index is 0.214. The van der Waals surface area contributed by atoms with Crippen LogP contribution in [0.1, 0.15) is 18.1 Å². The van der Waals surface area contributed by atoms with Crippen molar-refractivity contribution in [2.75, 3.05) is 27.9 Å². The molecule has 0 aromatic heterocycles. The van der Waals surface area contributed by atoms with Gasteiger partial charge in [-0.25, -0.2) is 0 Å². The van der Waals surface area contributed by atoms with Crippen LogP contribution >= 0.6 is 0 Å². The van der Waals surface area contributed by atoms with Crippen molar-refractivity contribution < 1.29 is 9.47 Å². The summed E-state index contributed by atoms with van der Waals surface area (Å²) in [6.07, 6.45) is 0. The fourth-order valence-electron chi connectivity index (χ4n) is 1.90. The van der Waals surface area contributed by atoms with E-state index < -0.39 is 0 Å². The first-order valence-corrected chi connectivity index (χ1v) is 6.72. The van der Waals surface area contributed by atoms with Crippen molar-refractivity contribution in [3.8, 4) is 0 Å². The number of nitrogens with one attached hydrogen (secondary N) is 2. The summed E-state index contributed by atoms with van der Waals surface area (Å²) in [5.74, 6) is 0.770. The van der Waals surface area contributed by atoms with E-state index in [4.69, 9.17) is 9.47 Å². The molecule has 0 aliphatic rings. The number of guanidine groups is 1. The van der Waals surface area contributed by atoms with E-state index in [9.17, 15) is 0 Å². The Morgan fingerprint density at radius 2 is 2.00 bits per heavy atom. The normalized spacial score (nSPS) is 13.1. The predicted octanol–water partition coefficient (Wildman–Crippen LogP) is 1.53. The summed E-state index contributed by atoms with van der Waals surface area (Å²) >= 11 is 0. The topological polar surface area (TPSA) is 54.9 Å². The molecule has 0 spiro atoms. The molecule has 0 radical (unpaired) electrons. The van der Waals surface area contributed by atoms with Gasteiger partial charge in [0.15, 0.2) is 5.96 Å². The number of aliphatic imine (C=N–C) groups is 1. The van der Waals surface area contributed by atoms with E-state index in [-0.39, 0.29) is 6.04 Å². The van der Waals surface area contributed by atoms with Crippen LogP contribution in [0.15, 0.2) is 29.3 Å². The van der Waals surface area contributed by atoms with Crippen molar-refractivity contribution in [1.29, 1.82) is 0 Å². The first kappa shape index (κ1) is 16.5. The molecule has 0 saturated carbocycles. The second kappa shape index (κ2) is 9.34. The molecule has 0 aliphatic carbocycles. The molecule has 1 rings (SSSR count). The van der Waals surface area contributed by atoms with Gasteiger partial charge in [0, 0.05) is 33.9 Å². The van der Waals surface area contributed by atoms with Crippen LogP contribution in [-0.4, -0.2) is 39.9 Å². The van der Waals surface area contributed by atoms with Crippen LogP contribution in [0, 0.1) is 0 Å². The average molecular weight is 279 g/mol. The third kappa shape index (κ3) is 6.04. The van der Waals surface area contributed by atoms with Gasteiger partial charge in [0.25, 0.3) is 0 Å². The molecule has 0 amide bonds. The van der Waals surface area contributed by atoms with Crippen molar-refractivity contribution in [1.82, 2.24) is 10.6 Å². The zero-order valence-corrected chi connectivity index (χ0v) is 12.8. The maximum absolute atomic E-state index is 5.14. The summed E-state index contributed by atoms with van der Waals surface area (Å²) in [6, 6.07) is 8.52. The Kier molecular flexibility index (Phi) is 7.69. The van der Waals surface area contributed by atoms with Gasteiger partial charge in [-0.1, -0.05) is 24.3 Å². The van der Waals surface area contributed by atoms with Crippen molar-refractivity contribution >= 4 is 5.96 Å². The lowest BCUT2D eigenvalue weighted by atomic mass is 10.1. The average Bonchev–Trinajstić information content (AvgIpc) is 2.44. The van der Waals surface area contributed by atoms with Crippen molar-refractivity contribution in [2.45, 2.75) is 26.1 Å². The lowest BCUT2D eigenvalue weighted by molar-refractivity contribution is 0.179. The smallest absolute Gasteiger partial charge is 0.191 e. The number of methoxy groups -OCH3 is 2. The second-order valence-electron chi connectivity index (χ2n) is 4.68. The molecular formula is C15H25N3O2. The molecule has 5 nitrogen and oxygen atoms in total. The Bertz CT molecular complexity index is 421. The summed E-state index contributed by atoms with van der Waals surface area (Å²) < 4.78 is 10.2. The highest BCUT2D eigenvalue weighted by atomic mass is 16.5. The highest BCUT2D eigenvalue weighted by molar-refractivity contribution is 5.79. The zero-order chi connectivity index (χ0) is 14.8. The Morgan fingerprint density at radius 3 is 2.65 bits per heavy atom. The van der Waals surface area contributed by atoms with Gasteiger partial charge in [-0.2, -0.15) is 0 Å². The number of nitrogens with zero attached hydrogens (tertiary/aromatic N) is 1. The third-order valence-electron chi connectivity index (χ3n) is 2.79. The lowest BCUT2D eigenvalue weighted by Gasteiger charge is -2.17. The first-order chi connectivity index (χ1) is 9.69. The van der Waals surface area contributed by atoms with Crippen LogP contribution in [0.2, 0.25) is 0 Å². The maximum Gasteiger partial charge on any atom is 0.191 e. The van der Waals surface area contributed by atoms with E-state index in [0.717, 1.165) is 12.5 Å². The molecule has 1 aromatic rings. The van der Waals surface area contributed by atoms with Gasteiger partial charge in [0.2, 0.25) is 0 Å². The van der Waals surface area contributed by atoms with Gasteiger partial charge in [-0.15, -0.1) is 0 Å². The molecule has 1 aromatic carbocycles. The molecule has 20 heavy (non-hydrogen) atoms. The highest BCUT2D eigenvalue weighted by Crippen LogP contribution is 2.06. The molecule has 2 N–H and O–H groups in total. The largest absolute Gasteiger partial charge is 0.383 e. The van der Waals surface area contributed by atoms with Crippen molar-refractivity contribution in [3.05, 3.63) is 35.4 Å². The fourth-order valence-corrected chi connectivity index (χ4v) is 1.90. The summed E-state index contributed by atoms with van der Waals surface area (Å²) in [6.45, 7) is 4.04. The Labute approximate surface area is 121 Å². The van der Waals surface area contributed by atoms with E-state index in [0.29, 0.717) is 13.2 Å². The summed E-state index contributed by atoms with van der Waals surface area (Å²) in [5.41, 5.74) is 2.37. The summed E-state index contributed by atoms with van der Waals surface area (Å²) in [7, 11) is 5.15. The van der Waals surface area contributed by atoms with Gasteiger partial charge in [0.1, 0.15) is 0 Å². The van der Waals surface area contributed by atoms with E-state index in [1.807, 2.05) is 6.07 Å². The van der Waals surface area contributed by atoms with Gasteiger partial charge in [-0.05, 0) is 18.1 Å². The standard InChI is InChI=1S/C15H25N3O2/c1-12(10-19-3)18-15(16-2)17-9-13-6-5-7-14(8-13)11-20-4/h5-8,12H,9-11H2,1-4H3,(H2,16,17,18). The summed E-state index contributed by atoms with van der Waals surface area (Å²) in [4.78, 5) is 4.20. The van der Waals surface area contributed by atoms with Gasteiger partial charge in [-0.3, -0.25) is 4.99 Å². The number of ether oxygens (including phenoxy) is 2. The van der Waals surface area contributed by atoms with Crippen LogP contribution in [0.4, 0.5) is 0 Å². The van der Waals surface area contributed by atoms with Gasteiger partial charge in [0.05, 0.1) is 13.2 Å². The number of benzene rings is 1. The molecular weight excluding hydrogens is 254 g/mol. The first-order valence-electron chi connectivity index (χ1n) is 6.72. The fraction of sp³-hybridized carbons (Fsp3) is 0.533. The molecule has 1 atom stereocenters. The van der Waals surface area contributed by atoms with E-state index in [1.165, 1.54) is 11.1 Å². The van der Waals surface area contributed by atoms with E-state index in [1.54, 1.807) is 21.3 Å². The molecule has 112 valence electrons.